The SMILES string of the molecule is Cc1cc(NC(=O)c2ccc(C)c3cccnc23)ccc1N(C)C. The van der Waals surface area contributed by atoms with Gasteiger partial charge in [-0.15, -0.1) is 0 Å². The van der Waals surface area contributed by atoms with Crippen LogP contribution in [-0.4, -0.2) is 25.0 Å². The predicted molar refractivity (Wildman–Crippen MR) is 99.9 cm³/mol. The zero-order chi connectivity index (χ0) is 17.3. The summed E-state index contributed by atoms with van der Waals surface area (Å²) in [5, 5.41) is 3.98. The molecule has 122 valence electrons. The molecule has 1 aromatic heterocycles. The maximum absolute atomic E-state index is 12.7. The van der Waals surface area contributed by atoms with Crippen molar-refractivity contribution in [2.45, 2.75) is 13.8 Å². The number of benzene rings is 2. The van der Waals surface area contributed by atoms with Gasteiger partial charge in [0.1, 0.15) is 0 Å². The molecule has 4 heteroatoms. The van der Waals surface area contributed by atoms with Gasteiger partial charge in [-0.1, -0.05) is 12.1 Å². The number of amides is 1. The van der Waals surface area contributed by atoms with Crippen LogP contribution in [0.2, 0.25) is 0 Å². The highest BCUT2D eigenvalue weighted by Crippen LogP contribution is 2.24. The number of nitrogens with zero attached hydrogens (tertiary/aromatic N) is 2. The molecule has 0 atom stereocenters. The maximum atomic E-state index is 12.7. The van der Waals surface area contributed by atoms with Gasteiger partial charge in [-0.25, -0.2) is 0 Å². The van der Waals surface area contributed by atoms with E-state index in [0.717, 1.165) is 33.4 Å². The van der Waals surface area contributed by atoms with Gasteiger partial charge in [0.25, 0.3) is 5.91 Å². The van der Waals surface area contributed by atoms with Gasteiger partial charge in [-0.2, -0.15) is 0 Å². The molecule has 0 aliphatic rings. The average molecular weight is 319 g/mol. The minimum Gasteiger partial charge on any atom is -0.377 e. The van der Waals surface area contributed by atoms with Crippen LogP contribution in [-0.2, 0) is 0 Å². The van der Waals surface area contributed by atoms with Crippen LogP contribution in [0.15, 0.2) is 48.7 Å². The molecule has 3 rings (SSSR count). The number of pyridine rings is 1. The molecule has 0 aliphatic carbocycles. The lowest BCUT2D eigenvalue weighted by atomic mass is 10.0. The van der Waals surface area contributed by atoms with E-state index in [1.165, 1.54) is 0 Å². The van der Waals surface area contributed by atoms with Gasteiger partial charge in [-0.3, -0.25) is 9.78 Å². The number of carbonyl (C=O) groups is 1. The molecule has 0 unspecified atom stereocenters. The molecule has 24 heavy (non-hydrogen) atoms. The molecule has 0 radical (unpaired) electrons. The molecule has 0 saturated carbocycles. The lowest BCUT2D eigenvalue weighted by molar-refractivity contribution is 0.102. The third-order valence-corrected chi connectivity index (χ3v) is 4.17. The van der Waals surface area contributed by atoms with Gasteiger partial charge < -0.3 is 10.2 Å². The van der Waals surface area contributed by atoms with Crippen molar-refractivity contribution in [3.63, 3.8) is 0 Å². The van der Waals surface area contributed by atoms with Crippen molar-refractivity contribution in [1.29, 1.82) is 0 Å². The lowest BCUT2D eigenvalue weighted by Crippen LogP contribution is -2.14. The van der Waals surface area contributed by atoms with E-state index >= 15 is 0 Å². The van der Waals surface area contributed by atoms with Crippen molar-refractivity contribution in [2.75, 3.05) is 24.3 Å². The lowest BCUT2D eigenvalue weighted by Gasteiger charge is -2.17. The average Bonchev–Trinajstić information content (AvgIpc) is 2.55. The van der Waals surface area contributed by atoms with E-state index in [0.29, 0.717) is 5.56 Å². The van der Waals surface area contributed by atoms with Crippen molar-refractivity contribution < 1.29 is 4.79 Å². The number of fused-ring (bicyclic) bond motifs is 1. The third-order valence-electron chi connectivity index (χ3n) is 4.17. The minimum atomic E-state index is -0.143. The summed E-state index contributed by atoms with van der Waals surface area (Å²) in [5.41, 5.74) is 5.47. The second-order valence-corrected chi connectivity index (χ2v) is 6.18. The quantitative estimate of drug-likeness (QED) is 0.788. The predicted octanol–water partition coefficient (Wildman–Crippen LogP) is 4.17. The Morgan fingerprint density at radius 3 is 2.54 bits per heavy atom. The van der Waals surface area contributed by atoms with Crippen molar-refractivity contribution in [1.82, 2.24) is 4.98 Å². The standard InChI is InChI=1S/C20H21N3O/c1-13-7-9-17(19-16(13)6-5-11-21-19)20(24)22-15-8-10-18(23(3)4)14(2)12-15/h5-12H,1-4H3,(H,22,24). The van der Waals surface area contributed by atoms with Gasteiger partial charge in [-0.05, 0) is 55.3 Å². The van der Waals surface area contributed by atoms with Crippen LogP contribution in [0.25, 0.3) is 10.9 Å². The normalized spacial score (nSPS) is 10.7. The Hall–Kier alpha value is -2.88. The Balaban J connectivity index is 1.94. The fraction of sp³-hybridized carbons (Fsp3) is 0.200. The Morgan fingerprint density at radius 1 is 1.04 bits per heavy atom. The van der Waals surface area contributed by atoms with E-state index in [1.54, 1.807) is 6.20 Å². The van der Waals surface area contributed by atoms with E-state index < -0.39 is 0 Å². The highest BCUT2D eigenvalue weighted by molar-refractivity contribution is 6.12. The van der Waals surface area contributed by atoms with Crippen molar-refractivity contribution in [2.24, 2.45) is 0 Å². The summed E-state index contributed by atoms with van der Waals surface area (Å²) < 4.78 is 0. The van der Waals surface area contributed by atoms with Gasteiger partial charge >= 0.3 is 0 Å². The van der Waals surface area contributed by atoms with Crippen LogP contribution >= 0.6 is 0 Å². The van der Waals surface area contributed by atoms with Crippen LogP contribution in [0.1, 0.15) is 21.5 Å². The fourth-order valence-electron chi connectivity index (χ4n) is 2.93. The molecular formula is C20H21N3O. The van der Waals surface area contributed by atoms with Crippen molar-refractivity contribution >= 4 is 28.2 Å². The summed E-state index contributed by atoms with van der Waals surface area (Å²) >= 11 is 0. The van der Waals surface area contributed by atoms with Gasteiger partial charge in [0.2, 0.25) is 0 Å². The van der Waals surface area contributed by atoms with Crippen LogP contribution in [0.4, 0.5) is 11.4 Å². The molecule has 1 amide bonds. The largest absolute Gasteiger partial charge is 0.377 e. The number of aromatic nitrogens is 1. The minimum absolute atomic E-state index is 0.143. The third kappa shape index (κ3) is 2.95. The smallest absolute Gasteiger partial charge is 0.257 e. The molecule has 0 spiro atoms. The van der Waals surface area contributed by atoms with Crippen LogP contribution in [0.5, 0.6) is 0 Å². The highest BCUT2D eigenvalue weighted by atomic mass is 16.1. The van der Waals surface area contributed by atoms with Gasteiger partial charge in [0.05, 0.1) is 11.1 Å². The summed E-state index contributed by atoms with van der Waals surface area (Å²) in [7, 11) is 4.01. The second-order valence-electron chi connectivity index (χ2n) is 6.18. The van der Waals surface area contributed by atoms with E-state index in [4.69, 9.17) is 0 Å². The summed E-state index contributed by atoms with van der Waals surface area (Å²) in [6, 6.07) is 13.6. The topological polar surface area (TPSA) is 45.2 Å². The molecule has 0 fully saturated rings. The molecule has 4 nitrogen and oxygen atoms in total. The Morgan fingerprint density at radius 2 is 1.83 bits per heavy atom. The Bertz CT molecular complexity index is 916. The number of nitrogens with one attached hydrogen (secondary N) is 1. The van der Waals surface area contributed by atoms with Crippen LogP contribution < -0.4 is 10.2 Å². The summed E-state index contributed by atoms with van der Waals surface area (Å²) in [6.07, 6.45) is 1.72. The fourth-order valence-corrected chi connectivity index (χ4v) is 2.93. The van der Waals surface area contributed by atoms with E-state index in [9.17, 15) is 4.79 Å². The number of hydrogen-bond donors (Lipinski definition) is 1. The Labute approximate surface area is 142 Å². The number of anilines is 2. The number of aryl methyl sites for hydroxylation is 2. The van der Waals surface area contributed by atoms with Crippen molar-refractivity contribution in [3.8, 4) is 0 Å². The summed E-state index contributed by atoms with van der Waals surface area (Å²) in [6.45, 7) is 4.06. The number of hydrogen-bond acceptors (Lipinski definition) is 3. The molecule has 1 heterocycles. The molecule has 0 aliphatic heterocycles. The molecule has 3 aromatic rings. The maximum Gasteiger partial charge on any atom is 0.257 e. The van der Waals surface area contributed by atoms with Crippen LogP contribution in [0, 0.1) is 13.8 Å². The first kappa shape index (κ1) is 16.0. The molecule has 2 aromatic carbocycles. The molecule has 0 bridgehead atoms. The zero-order valence-corrected chi connectivity index (χ0v) is 14.4. The zero-order valence-electron chi connectivity index (χ0n) is 14.4. The summed E-state index contributed by atoms with van der Waals surface area (Å²) in [5.74, 6) is -0.143. The monoisotopic (exact) mass is 319 g/mol. The van der Waals surface area contributed by atoms with Crippen molar-refractivity contribution in [3.05, 3.63) is 65.4 Å². The van der Waals surface area contributed by atoms with E-state index in [2.05, 4.69) is 15.2 Å². The van der Waals surface area contributed by atoms with Gasteiger partial charge in [0, 0.05) is 37.1 Å². The molecular weight excluding hydrogens is 298 g/mol. The van der Waals surface area contributed by atoms with Gasteiger partial charge in [0.15, 0.2) is 0 Å². The number of rotatable bonds is 3. The Kier molecular flexibility index (Phi) is 4.21. The molecule has 1 N–H and O–H groups in total. The second kappa shape index (κ2) is 6.32. The number of carbonyl (C=O) groups excluding carboxylic acids is 1. The highest BCUT2D eigenvalue weighted by Gasteiger charge is 2.13. The summed E-state index contributed by atoms with van der Waals surface area (Å²) in [4.78, 5) is 19.2. The first-order chi connectivity index (χ1) is 11.5. The van der Waals surface area contributed by atoms with E-state index in [1.807, 2.05) is 70.4 Å². The first-order valence-corrected chi connectivity index (χ1v) is 7.91. The first-order valence-electron chi connectivity index (χ1n) is 7.91. The van der Waals surface area contributed by atoms with Crippen LogP contribution in [0.3, 0.4) is 0 Å². The molecule has 0 saturated heterocycles. The van der Waals surface area contributed by atoms with E-state index in [-0.39, 0.29) is 5.91 Å².